The van der Waals surface area contributed by atoms with Gasteiger partial charge in [0, 0.05) is 25.7 Å². The lowest BCUT2D eigenvalue weighted by atomic mass is 10.0. The zero-order chi connectivity index (χ0) is 80.3. The number of hydrogen-bond donors (Lipinski definition) is 3. The molecule has 0 spiro atoms. The van der Waals surface area contributed by atoms with Crippen LogP contribution >= 0.6 is 15.6 Å². The van der Waals surface area contributed by atoms with Crippen LogP contribution in [0, 0.1) is 0 Å². The molecule has 0 fully saturated rings. The molecule has 19 heteroatoms. The van der Waals surface area contributed by atoms with Gasteiger partial charge in [-0.2, -0.15) is 0 Å². The molecule has 110 heavy (non-hydrogen) atoms. The highest BCUT2D eigenvalue weighted by Crippen LogP contribution is 2.45. The van der Waals surface area contributed by atoms with Gasteiger partial charge in [-0.15, -0.1) is 0 Å². The molecule has 0 bridgehead atoms. The first kappa shape index (κ1) is 108. The van der Waals surface area contributed by atoms with E-state index in [4.69, 9.17) is 37.0 Å². The Kier molecular flexibility index (Phi) is 83.5. The maximum absolute atomic E-state index is 13.2. The summed E-state index contributed by atoms with van der Waals surface area (Å²) >= 11 is 0. The van der Waals surface area contributed by atoms with Crippen molar-refractivity contribution >= 4 is 39.5 Å². The summed E-state index contributed by atoms with van der Waals surface area (Å²) in [4.78, 5) is 73.4. The number of carbonyl (C=O) groups excluding carboxylic acids is 4. The van der Waals surface area contributed by atoms with Gasteiger partial charge >= 0.3 is 39.5 Å². The molecule has 0 aliphatic heterocycles. The van der Waals surface area contributed by atoms with Crippen LogP contribution in [-0.2, 0) is 65.4 Å². The molecule has 654 valence electrons. The molecule has 0 aromatic carbocycles. The van der Waals surface area contributed by atoms with E-state index in [1.165, 1.54) is 334 Å². The third-order valence-corrected chi connectivity index (χ3v) is 23.5. The minimum absolute atomic E-state index is 0.110. The largest absolute Gasteiger partial charge is 0.472 e. The summed E-state index contributed by atoms with van der Waals surface area (Å²) in [5.41, 5.74) is 0. The number of unbranched alkanes of at least 4 members (excludes halogenated alkanes) is 66. The third kappa shape index (κ3) is 84.0. The van der Waals surface area contributed by atoms with E-state index in [0.717, 1.165) is 89.9 Å². The molecule has 0 amide bonds. The Hall–Kier alpha value is -1.94. The normalized spacial score (nSPS) is 13.6. The summed E-state index contributed by atoms with van der Waals surface area (Å²) in [5, 5.41) is 10.7. The van der Waals surface area contributed by atoms with Gasteiger partial charge < -0.3 is 33.8 Å². The van der Waals surface area contributed by atoms with Crippen LogP contribution in [0.15, 0.2) is 0 Å². The molecule has 0 saturated carbocycles. The van der Waals surface area contributed by atoms with Crippen LogP contribution in [-0.4, -0.2) is 96.7 Å². The number of aliphatic hydroxyl groups is 1. The van der Waals surface area contributed by atoms with Crippen molar-refractivity contribution < 1.29 is 80.2 Å². The van der Waals surface area contributed by atoms with Crippen molar-refractivity contribution in [1.82, 2.24) is 0 Å². The minimum atomic E-state index is -4.97. The minimum Gasteiger partial charge on any atom is -0.462 e. The van der Waals surface area contributed by atoms with Crippen molar-refractivity contribution in [1.29, 1.82) is 0 Å². The standard InChI is InChI=1S/C91H178O17P2/c1-5-9-13-17-21-25-29-33-36-39-41-42-43-45-48-51-54-58-62-66-70-74-78-91(96)108-87(82-102-89(94)76-72-68-64-60-56-52-49-47-44-40-37-34-30-26-22-18-14-10-6-2)84-106-110(99,100)104-80-85(92)79-103-109(97,98)105-83-86(81-101-88(93)75-71-67-63-59-55-32-28-24-20-16-12-8-4)107-90(95)77-73-69-65-61-57-53-50-46-38-35-31-27-23-19-15-11-7-3/h85-87,92H,5-84H2,1-4H3,(H,97,98)(H,99,100)/t85-,86+,87+/m0/s1. The molecule has 0 heterocycles. The quantitative estimate of drug-likeness (QED) is 0.0222. The van der Waals surface area contributed by atoms with Gasteiger partial charge in [0.25, 0.3) is 0 Å². The summed E-state index contributed by atoms with van der Waals surface area (Å²) in [6.07, 6.45) is 82.0. The fraction of sp³-hybridized carbons (Fsp3) is 0.956. The third-order valence-electron chi connectivity index (χ3n) is 21.6. The monoisotopic (exact) mass is 1610 g/mol. The molecule has 17 nitrogen and oxygen atoms in total. The highest BCUT2D eigenvalue weighted by molar-refractivity contribution is 7.47. The first-order chi connectivity index (χ1) is 53.7. The fourth-order valence-corrected chi connectivity index (χ4v) is 16.0. The van der Waals surface area contributed by atoms with Gasteiger partial charge in [-0.3, -0.25) is 37.3 Å². The van der Waals surface area contributed by atoms with Crippen LogP contribution in [0.25, 0.3) is 0 Å². The summed E-state index contributed by atoms with van der Waals surface area (Å²) in [7, 11) is -9.93. The van der Waals surface area contributed by atoms with Crippen molar-refractivity contribution in [3.05, 3.63) is 0 Å². The van der Waals surface area contributed by atoms with E-state index in [1.54, 1.807) is 0 Å². The van der Waals surface area contributed by atoms with E-state index < -0.39 is 97.5 Å². The maximum atomic E-state index is 13.2. The molecular formula is C91H178O17P2. The average Bonchev–Trinajstić information content (AvgIpc) is 0.903. The number of phosphoric ester groups is 2. The van der Waals surface area contributed by atoms with Crippen molar-refractivity contribution in [3.8, 4) is 0 Å². The molecule has 0 saturated heterocycles. The van der Waals surface area contributed by atoms with Crippen molar-refractivity contribution in [2.24, 2.45) is 0 Å². The Bertz CT molecular complexity index is 2070. The zero-order valence-corrected chi connectivity index (χ0v) is 74.0. The van der Waals surface area contributed by atoms with Crippen molar-refractivity contribution in [2.45, 2.75) is 521 Å². The van der Waals surface area contributed by atoms with E-state index in [0.29, 0.717) is 25.7 Å². The predicted octanol–water partition coefficient (Wildman–Crippen LogP) is 28.5. The van der Waals surface area contributed by atoms with Gasteiger partial charge in [-0.1, -0.05) is 451 Å². The Labute approximate surface area is 677 Å². The Morgan fingerprint density at radius 3 is 0.536 bits per heavy atom. The van der Waals surface area contributed by atoms with Gasteiger partial charge in [-0.25, -0.2) is 9.13 Å². The Morgan fingerprint density at radius 2 is 0.364 bits per heavy atom. The SMILES string of the molecule is CCCCCCCCCCCCCCCCCCCCCCCCC(=O)O[C@H](COC(=O)CCCCCCCCCCCCCCCCCCCCC)COP(=O)(O)OC[C@@H](O)COP(=O)(O)OC[C@@H](COC(=O)CCCCCCCCCCCCCC)OC(=O)CCCCCCCCCCCCCCCCCCC. The number of rotatable bonds is 92. The second-order valence-electron chi connectivity index (χ2n) is 32.7. The summed E-state index contributed by atoms with van der Waals surface area (Å²) in [6.45, 7) is 5.09. The van der Waals surface area contributed by atoms with Crippen LogP contribution in [0.5, 0.6) is 0 Å². The zero-order valence-electron chi connectivity index (χ0n) is 72.3. The van der Waals surface area contributed by atoms with Gasteiger partial charge in [0.1, 0.15) is 19.3 Å². The summed E-state index contributed by atoms with van der Waals surface area (Å²) in [6, 6.07) is 0. The van der Waals surface area contributed by atoms with Crippen molar-refractivity contribution in [3.63, 3.8) is 0 Å². The molecule has 0 aliphatic rings. The molecular weight excluding hydrogens is 1430 g/mol. The van der Waals surface area contributed by atoms with Crippen LogP contribution in [0.4, 0.5) is 0 Å². The Balaban J connectivity index is 5.24. The molecule has 2 unspecified atom stereocenters. The molecule has 0 radical (unpaired) electrons. The van der Waals surface area contributed by atoms with Gasteiger partial charge in [0.05, 0.1) is 26.4 Å². The van der Waals surface area contributed by atoms with Gasteiger partial charge in [-0.05, 0) is 25.7 Å². The molecule has 3 N–H and O–H groups in total. The molecule has 0 aromatic rings. The lowest BCUT2D eigenvalue weighted by Gasteiger charge is -2.21. The molecule has 0 aliphatic carbocycles. The van der Waals surface area contributed by atoms with E-state index in [2.05, 4.69) is 27.7 Å². The van der Waals surface area contributed by atoms with Crippen LogP contribution in [0.2, 0.25) is 0 Å². The summed E-state index contributed by atoms with van der Waals surface area (Å²) in [5.74, 6) is -2.09. The van der Waals surface area contributed by atoms with Gasteiger partial charge in [0.15, 0.2) is 12.2 Å². The van der Waals surface area contributed by atoms with E-state index in [-0.39, 0.29) is 25.7 Å². The van der Waals surface area contributed by atoms with Crippen LogP contribution in [0.1, 0.15) is 503 Å². The van der Waals surface area contributed by atoms with Crippen LogP contribution < -0.4 is 0 Å². The molecule has 0 aromatic heterocycles. The highest BCUT2D eigenvalue weighted by atomic mass is 31.2. The Morgan fingerprint density at radius 1 is 0.218 bits per heavy atom. The summed E-state index contributed by atoms with van der Waals surface area (Å²) < 4.78 is 69.1. The maximum Gasteiger partial charge on any atom is 0.472 e. The predicted molar refractivity (Wildman–Crippen MR) is 455 cm³/mol. The molecule has 5 atom stereocenters. The lowest BCUT2D eigenvalue weighted by Crippen LogP contribution is -2.30. The van der Waals surface area contributed by atoms with E-state index in [9.17, 15) is 43.2 Å². The number of esters is 4. The second kappa shape index (κ2) is 85.0. The fourth-order valence-electron chi connectivity index (χ4n) is 14.4. The first-order valence-electron chi connectivity index (χ1n) is 47.3. The van der Waals surface area contributed by atoms with Gasteiger partial charge in [0.2, 0.25) is 0 Å². The number of phosphoric acid groups is 2. The number of hydrogen-bond acceptors (Lipinski definition) is 15. The number of carbonyl (C=O) groups is 4. The van der Waals surface area contributed by atoms with Crippen LogP contribution in [0.3, 0.4) is 0 Å². The smallest absolute Gasteiger partial charge is 0.462 e. The topological polar surface area (TPSA) is 237 Å². The second-order valence-corrected chi connectivity index (χ2v) is 35.6. The van der Waals surface area contributed by atoms with Crippen molar-refractivity contribution in [2.75, 3.05) is 39.6 Å². The molecule has 0 rings (SSSR count). The number of ether oxygens (including phenoxy) is 4. The average molecular weight is 1610 g/mol. The lowest BCUT2D eigenvalue weighted by molar-refractivity contribution is -0.161. The van der Waals surface area contributed by atoms with E-state index in [1.807, 2.05) is 0 Å². The highest BCUT2D eigenvalue weighted by Gasteiger charge is 2.31. The number of aliphatic hydroxyl groups excluding tert-OH is 1. The first-order valence-corrected chi connectivity index (χ1v) is 50.3. The van der Waals surface area contributed by atoms with E-state index >= 15 is 0 Å².